The van der Waals surface area contributed by atoms with Crippen LogP contribution in [0.4, 0.5) is 0 Å². The zero-order chi connectivity index (χ0) is 13.4. The van der Waals surface area contributed by atoms with Crippen LogP contribution in [0, 0.1) is 11.3 Å². The molecule has 1 rings (SSSR count). The molecule has 0 radical (unpaired) electrons. The van der Waals surface area contributed by atoms with Gasteiger partial charge in [-0.3, -0.25) is 0 Å². The van der Waals surface area contributed by atoms with E-state index in [1.165, 1.54) is 0 Å². The predicted molar refractivity (Wildman–Crippen MR) is 70.4 cm³/mol. The second kappa shape index (κ2) is 7.70. The zero-order valence-electron chi connectivity index (χ0n) is 11.0. The number of rotatable bonds is 7. The second-order valence-electron chi connectivity index (χ2n) is 4.09. The fourth-order valence-electron chi connectivity index (χ4n) is 1.65. The van der Waals surface area contributed by atoms with Crippen molar-refractivity contribution in [2.24, 2.45) is 0 Å². The van der Waals surface area contributed by atoms with Gasteiger partial charge in [-0.2, -0.15) is 5.26 Å². The van der Waals surface area contributed by atoms with Crippen molar-refractivity contribution in [3.63, 3.8) is 0 Å². The first kappa shape index (κ1) is 14.5. The minimum atomic E-state index is -0.499. The van der Waals surface area contributed by atoms with Gasteiger partial charge in [0, 0.05) is 6.54 Å². The summed E-state index contributed by atoms with van der Waals surface area (Å²) in [6.07, 6.45) is -0.499. The van der Waals surface area contributed by atoms with Gasteiger partial charge >= 0.3 is 0 Å². The van der Waals surface area contributed by atoms with E-state index in [0.717, 1.165) is 13.1 Å². The van der Waals surface area contributed by atoms with Crippen LogP contribution in [-0.2, 0) is 0 Å². The van der Waals surface area contributed by atoms with Crippen LogP contribution in [0.25, 0.3) is 0 Å². The molecule has 4 nitrogen and oxygen atoms in total. The molecule has 98 valence electrons. The molecular formula is C14H20N2O2. The maximum absolute atomic E-state index is 9.82. The number of nitriles is 1. The van der Waals surface area contributed by atoms with E-state index >= 15 is 0 Å². The molecule has 1 atom stereocenters. The quantitative estimate of drug-likeness (QED) is 0.797. The van der Waals surface area contributed by atoms with E-state index in [1.807, 2.05) is 6.07 Å². The highest BCUT2D eigenvalue weighted by molar-refractivity contribution is 5.34. The summed E-state index contributed by atoms with van der Waals surface area (Å²) in [6.45, 7) is 6.86. The van der Waals surface area contributed by atoms with Crippen LogP contribution >= 0.6 is 0 Å². The predicted octanol–water partition coefficient (Wildman–Crippen LogP) is 1.64. The molecule has 0 amide bonds. The summed E-state index contributed by atoms with van der Waals surface area (Å²) < 4.78 is 5.47. The van der Waals surface area contributed by atoms with Crippen LogP contribution in [-0.4, -0.2) is 42.4 Å². The molecule has 18 heavy (non-hydrogen) atoms. The molecule has 4 heteroatoms. The number of aliphatic hydroxyl groups excluding tert-OH is 1. The molecule has 1 aromatic carbocycles. The summed E-state index contributed by atoms with van der Waals surface area (Å²) in [4.78, 5) is 2.15. The molecule has 0 saturated heterocycles. The SMILES string of the molecule is CCN(CC)CC(O)COc1ccc(C#N)cc1. The minimum Gasteiger partial charge on any atom is -0.491 e. The molecule has 0 saturated carbocycles. The van der Waals surface area contributed by atoms with Gasteiger partial charge in [-0.15, -0.1) is 0 Å². The summed E-state index contributed by atoms with van der Waals surface area (Å²) in [7, 11) is 0. The van der Waals surface area contributed by atoms with Crippen molar-refractivity contribution in [2.75, 3.05) is 26.2 Å². The van der Waals surface area contributed by atoms with Gasteiger partial charge in [0.1, 0.15) is 18.5 Å². The summed E-state index contributed by atoms with van der Waals surface area (Å²) in [5.41, 5.74) is 0.603. The molecule has 0 fully saturated rings. The number of ether oxygens (including phenoxy) is 1. The zero-order valence-corrected chi connectivity index (χ0v) is 11.0. The van der Waals surface area contributed by atoms with Gasteiger partial charge < -0.3 is 14.7 Å². The maximum atomic E-state index is 9.82. The minimum absolute atomic E-state index is 0.266. The number of benzene rings is 1. The topological polar surface area (TPSA) is 56.5 Å². The Kier molecular flexibility index (Phi) is 6.20. The molecule has 0 aliphatic heterocycles. The van der Waals surface area contributed by atoms with Crippen LogP contribution in [0.15, 0.2) is 24.3 Å². The number of hydrogen-bond acceptors (Lipinski definition) is 4. The molecule has 0 aromatic heterocycles. The van der Waals surface area contributed by atoms with Crippen LogP contribution in [0.2, 0.25) is 0 Å². The van der Waals surface area contributed by atoms with Gasteiger partial charge in [-0.1, -0.05) is 13.8 Å². The second-order valence-corrected chi connectivity index (χ2v) is 4.09. The lowest BCUT2D eigenvalue weighted by atomic mass is 10.2. The summed E-state index contributed by atoms with van der Waals surface area (Å²) in [6, 6.07) is 8.93. The van der Waals surface area contributed by atoms with Crippen molar-refractivity contribution >= 4 is 0 Å². The van der Waals surface area contributed by atoms with Crippen molar-refractivity contribution in [3.8, 4) is 11.8 Å². The number of hydrogen-bond donors (Lipinski definition) is 1. The van der Waals surface area contributed by atoms with Gasteiger partial charge in [0.05, 0.1) is 11.6 Å². The van der Waals surface area contributed by atoms with Crippen molar-refractivity contribution in [1.82, 2.24) is 4.90 Å². The standard InChI is InChI=1S/C14H20N2O2/c1-3-16(4-2)10-13(17)11-18-14-7-5-12(9-15)6-8-14/h5-8,13,17H,3-4,10-11H2,1-2H3. The molecule has 0 aliphatic carbocycles. The third-order valence-corrected chi connectivity index (χ3v) is 2.79. The Labute approximate surface area is 108 Å². The van der Waals surface area contributed by atoms with Gasteiger partial charge in [0.15, 0.2) is 0 Å². The molecule has 1 N–H and O–H groups in total. The number of nitrogens with zero attached hydrogens (tertiary/aromatic N) is 2. The highest BCUT2D eigenvalue weighted by Crippen LogP contribution is 2.11. The van der Waals surface area contributed by atoms with Gasteiger partial charge in [-0.25, -0.2) is 0 Å². The smallest absolute Gasteiger partial charge is 0.119 e. The van der Waals surface area contributed by atoms with Crippen molar-refractivity contribution in [3.05, 3.63) is 29.8 Å². The van der Waals surface area contributed by atoms with Crippen molar-refractivity contribution in [1.29, 1.82) is 5.26 Å². The van der Waals surface area contributed by atoms with E-state index in [4.69, 9.17) is 10.00 Å². The Bertz CT molecular complexity index is 380. The van der Waals surface area contributed by atoms with E-state index < -0.39 is 6.10 Å². The monoisotopic (exact) mass is 248 g/mol. The Hall–Kier alpha value is -1.57. The number of likely N-dealkylation sites (N-methyl/N-ethyl adjacent to an activating group) is 1. The highest BCUT2D eigenvalue weighted by atomic mass is 16.5. The highest BCUT2D eigenvalue weighted by Gasteiger charge is 2.09. The first-order valence-electron chi connectivity index (χ1n) is 6.23. The molecule has 0 aliphatic rings. The third-order valence-electron chi connectivity index (χ3n) is 2.79. The maximum Gasteiger partial charge on any atom is 0.119 e. The average molecular weight is 248 g/mol. The Morgan fingerprint density at radius 1 is 1.28 bits per heavy atom. The van der Waals surface area contributed by atoms with E-state index in [0.29, 0.717) is 17.9 Å². The van der Waals surface area contributed by atoms with E-state index in [-0.39, 0.29) is 6.61 Å². The molecule has 0 heterocycles. The first-order chi connectivity index (χ1) is 8.69. The lowest BCUT2D eigenvalue weighted by Gasteiger charge is -2.21. The summed E-state index contributed by atoms with van der Waals surface area (Å²) in [5, 5.41) is 18.5. The molecule has 0 bridgehead atoms. The van der Waals surface area contributed by atoms with E-state index in [2.05, 4.69) is 18.7 Å². The van der Waals surface area contributed by atoms with Gasteiger partial charge in [-0.05, 0) is 37.4 Å². The Morgan fingerprint density at radius 3 is 2.39 bits per heavy atom. The fraction of sp³-hybridized carbons (Fsp3) is 0.500. The summed E-state index contributed by atoms with van der Waals surface area (Å²) in [5.74, 6) is 0.674. The van der Waals surface area contributed by atoms with Crippen LogP contribution in [0.3, 0.4) is 0 Å². The van der Waals surface area contributed by atoms with E-state index in [1.54, 1.807) is 24.3 Å². The van der Waals surface area contributed by atoms with Crippen LogP contribution in [0.5, 0.6) is 5.75 Å². The number of aliphatic hydroxyl groups is 1. The average Bonchev–Trinajstić information content (AvgIpc) is 2.43. The first-order valence-corrected chi connectivity index (χ1v) is 6.23. The van der Waals surface area contributed by atoms with Gasteiger partial charge in [0.2, 0.25) is 0 Å². The normalized spacial score (nSPS) is 12.2. The largest absolute Gasteiger partial charge is 0.491 e. The lowest BCUT2D eigenvalue weighted by molar-refractivity contribution is 0.0716. The van der Waals surface area contributed by atoms with Crippen LogP contribution < -0.4 is 4.74 Å². The van der Waals surface area contributed by atoms with Crippen LogP contribution in [0.1, 0.15) is 19.4 Å². The molecule has 0 spiro atoms. The molecular weight excluding hydrogens is 228 g/mol. The fourth-order valence-corrected chi connectivity index (χ4v) is 1.65. The summed E-state index contributed by atoms with van der Waals surface area (Å²) >= 11 is 0. The lowest BCUT2D eigenvalue weighted by Crippen LogP contribution is -2.35. The Morgan fingerprint density at radius 2 is 1.89 bits per heavy atom. The third kappa shape index (κ3) is 4.74. The van der Waals surface area contributed by atoms with Gasteiger partial charge in [0.25, 0.3) is 0 Å². The van der Waals surface area contributed by atoms with Crippen molar-refractivity contribution < 1.29 is 9.84 Å². The Balaban J connectivity index is 2.37. The molecule has 1 unspecified atom stereocenters. The van der Waals surface area contributed by atoms with E-state index in [9.17, 15) is 5.11 Å². The molecule has 1 aromatic rings. The van der Waals surface area contributed by atoms with Crippen molar-refractivity contribution in [2.45, 2.75) is 20.0 Å².